The van der Waals surface area contributed by atoms with Crippen molar-refractivity contribution in [1.29, 1.82) is 0 Å². The monoisotopic (exact) mass is 318 g/mol. The minimum absolute atomic E-state index is 0.0563. The minimum atomic E-state index is -3.38. The van der Waals surface area contributed by atoms with E-state index in [4.69, 9.17) is 4.74 Å². The summed E-state index contributed by atoms with van der Waals surface area (Å²) in [5.74, 6) is -0.252. The molecule has 7 heteroatoms. The molecular weight excluding hydrogens is 292 g/mol. The summed E-state index contributed by atoms with van der Waals surface area (Å²) in [6.07, 6.45) is 6.89. The van der Waals surface area contributed by atoms with Crippen LogP contribution >= 0.6 is 0 Å². The Kier molecular flexibility index (Phi) is 6.01. The summed E-state index contributed by atoms with van der Waals surface area (Å²) in [6, 6.07) is -0.0563. The summed E-state index contributed by atoms with van der Waals surface area (Å²) in [4.78, 5) is 11.5. The highest BCUT2D eigenvalue weighted by molar-refractivity contribution is 7.87. The minimum Gasteiger partial charge on any atom is -0.469 e. The quantitative estimate of drug-likeness (QED) is 0.796. The van der Waals surface area contributed by atoms with Gasteiger partial charge in [-0.3, -0.25) is 4.79 Å². The average molecular weight is 318 g/mol. The van der Waals surface area contributed by atoms with Crippen molar-refractivity contribution in [3.05, 3.63) is 0 Å². The maximum absolute atomic E-state index is 12.4. The third-order valence-electron chi connectivity index (χ3n) is 4.48. The summed E-state index contributed by atoms with van der Waals surface area (Å²) >= 11 is 0. The zero-order chi connectivity index (χ0) is 15.3. The van der Waals surface area contributed by atoms with Crippen molar-refractivity contribution >= 4 is 16.2 Å². The summed E-state index contributed by atoms with van der Waals surface area (Å²) < 4.78 is 33.9. The first-order valence-corrected chi connectivity index (χ1v) is 9.32. The maximum atomic E-state index is 12.4. The normalized spacial score (nSPS) is 28.8. The number of carbonyl (C=O) groups is 1. The van der Waals surface area contributed by atoms with Crippen LogP contribution in [-0.2, 0) is 19.7 Å². The van der Waals surface area contributed by atoms with Gasteiger partial charge in [0, 0.05) is 19.1 Å². The van der Waals surface area contributed by atoms with Crippen LogP contribution in [0.5, 0.6) is 0 Å². The second kappa shape index (κ2) is 7.56. The molecule has 0 radical (unpaired) electrons. The molecule has 0 spiro atoms. The number of methoxy groups -OCH3 is 1. The molecule has 0 aromatic carbocycles. The summed E-state index contributed by atoms with van der Waals surface area (Å²) in [7, 11) is -1.98. The van der Waals surface area contributed by atoms with Gasteiger partial charge in [0.2, 0.25) is 0 Å². The Balaban J connectivity index is 1.85. The Hall–Kier alpha value is -0.660. The van der Waals surface area contributed by atoms with Crippen LogP contribution in [0, 0.1) is 5.92 Å². The highest BCUT2D eigenvalue weighted by atomic mass is 32.2. The van der Waals surface area contributed by atoms with E-state index < -0.39 is 10.2 Å². The molecule has 0 unspecified atom stereocenters. The number of nitrogens with zero attached hydrogens (tertiary/aromatic N) is 1. The van der Waals surface area contributed by atoms with Gasteiger partial charge in [-0.25, -0.2) is 0 Å². The summed E-state index contributed by atoms with van der Waals surface area (Å²) in [6.45, 7) is 1.24. The van der Waals surface area contributed by atoms with Crippen molar-refractivity contribution < 1.29 is 17.9 Å². The lowest BCUT2D eigenvalue weighted by Gasteiger charge is -2.29. The summed E-state index contributed by atoms with van der Waals surface area (Å²) in [5.41, 5.74) is 0. The lowest BCUT2D eigenvalue weighted by molar-refractivity contribution is -0.146. The molecule has 122 valence electrons. The molecule has 2 rings (SSSR count). The van der Waals surface area contributed by atoms with Crippen molar-refractivity contribution in [3.63, 3.8) is 0 Å². The second-order valence-corrected chi connectivity index (χ2v) is 7.71. The maximum Gasteiger partial charge on any atom is 0.308 e. The largest absolute Gasteiger partial charge is 0.469 e. The molecule has 1 N–H and O–H groups in total. The van der Waals surface area contributed by atoms with Crippen LogP contribution in [0.4, 0.5) is 0 Å². The van der Waals surface area contributed by atoms with E-state index in [0.29, 0.717) is 38.8 Å². The topological polar surface area (TPSA) is 75.7 Å². The Morgan fingerprint density at radius 2 is 1.62 bits per heavy atom. The molecule has 1 heterocycles. The van der Waals surface area contributed by atoms with Crippen LogP contribution < -0.4 is 4.72 Å². The molecule has 0 amide bonds. The number of hydrogen-bond acceptors (Lipinski definition) is 4. The van der Waals surface area contributed by atoms with Gasteiger partial charge in [-0.15, -0.1) is 0 Å². The van der Waals surface area contributed by atoms with Crippen molar-refractivity contribution in [2.24, 2.45) is 5.92 Å². The van der Waals surface area contributed by atoms with Crippen LogP contribution in [-0.4, -0.2) is 44.9 Å². The fourth-order valence-corrected chi connectivity index (χ4v) is 4.73. The van der Waals surface area contributed by atoms with Gasteiger partial charge < -0.3 is 4.74 Å². The first-order chi connectivity index (χ1) is 10.0. The van der Waals surface area contributed by atoms with Crippen LogP contribution in [0.15, 0.2) is 0 Å². The Morgan fingerprint density at radius 1 is 1.05 bits per heavy atom. The van der Waals surface area contributed by atoms with Crippen molar-refractivity contribution in [3.8, 4) is 0 Å². The van der Waals surface area contributed by atoms with E-state index in [0.717, 1.165) is 25.7 Å². The Bertz CT molecular complexity index is 436. The predicted molar refractivity (Wildman–Crippen MR) is 79.9 cm³/mol. The number of nitrogens with one attached hydrogen (secondary N) is 1. The SMILES string of the molecule is COC(=O)C1CCC(NS(=O)(=O)N2CCCCCC2)CC1. The second-order valence-electron chi connectivity index (χ2n) is 6.01. The average Bonchev–Trinajstić information content (AvgIpc) is 2.76. The number of esters is 1. The molecule has 1 saturated heterocycles. The van der Waals surface area contributed by atoms with Crippen LogP contribution in [0.2, 0.25) is 0 Å². The van der Waals surface area contributed by atoms with Crippen LogP contribution in [0.3, 0.4) is 0 Å². The van der Waals surface area contributed by atoms with Gasteiger partial charge in [-0.05, 0) is 38.5 Å². The first kappa shape index (κ1) is 16.7. The third-order valence-corrected chi connectivity index (χ3v) is 6.16. The number of carbonyl (C=O) groups excluding carboxylic acids is 1. The van der Waals surface area contributed by atoms with Gasteiger partial charge in [-0.2, -0.15) is 17.4 Å². The van der Waals surface area contributed by atoms with E-state index in [1.807, 2.05) is 0 Å². The number of rotatable bonds is 4. The van der Waals surface area contributed by atoms with Crippen molar-refractivity contribution in [2.45, 2.75) is 57.4 Å². The van der Waals surface area contributed by atoms with E-state index in [2.05, 4.69) is 4.72 Å². The van der Waals surface area contributed by atoms with Crippen molar-refractivity contribution in [1.82, 2.24) is 9.03 Å². The standard InChI is InChI=1S/C14H26N2O4S/c1-20-14(17)12-6-8-13(9-7-12)15-21(18,19)16-10-4-2-3-5-11-16/h12-13,15H,2-11H2,1H3. The highest BCUT2D eigenvalue weighted by Crippen LogP contribution is 2.26. The van der Waals surface area contributed by atoms with Gasteiger partial charge in [0.1, 0.15) is 0 Å². The van der Waals surface area contributed by atoms with Gasteiger partial charge in [0.15, 0.2) is 0 Å². The number of ether oxygens (including phenoxy) is 1. The molecule has 6 nitrogen and oxygen atoms in total. The number of hydrogen-bond donors (Lipinski definition) is 1. The molecule has 1 aliphatic heterocycles. The fourth-order valence-electron chi connectivity index (χ4n) is 3.18. The van der Waals surface area contributed by atoms with Crippen LogP contribution in [0.25, 0.3) is 0 Å². The fraction of sp³-hybridized carbons (Fsp3) is 0.929. The summed E-state index contributed by atoms with van der Waals surface area (Å²) in [5, 5.41) is 0. The third kappa shape index (κ3) is 4.66. The van der Waals surface area contributed by atoms with Gasteiger partial charge in [0.25, 0.3) is 10.2 Å². The van der Waals surface area contributed by atoms with E-state index in [1.165, 1.54) is 7.11 Å². The lowest BCUT2D eigenvalue weighted by Crippen LogP contribution is -2.47. The molecular formula is C14H26N2O4S. The lowest BCUT2D eigenvalue weighted by atomic mass is 9.86. The molecule has 0 atom stereocenters. The molecule has 0 aromatic heterocycles. The zero-order valence-corrected chi connectivity index (χ0v) is 13.5. The molecule has 0 bridgehead atoms. The van der Waals surface area contributed by atoms with Gasteiger partial charge in [0.05, 0.1) is 13.0 Å². The Morgan fingerprint density at radius 3 is 2.14 bits per heavy atom. The van der Waals surface area contributed by atoms with Crippen molar-refractivity contribution in [2.75, 3.05) is 20.2 Å². The smallest absolute Gasteiger partial charge is 0.308 e. The molecule has 0 aromatic rings. The highest BCUT2D eigenvalue weighted by Gasteiger charge is 2.31. The first-order valence-electron chi connectivity index (χ1n) is 7.88. The predicted octanol–water partition coefficient (Wildman–Crippen LogP) is 1.43. The molecule has 1 saturated carbocycles. The van der Waals surface area contributed by atoms with Crippen LogP contribution in [0.1, 0.15) is 51.4 Å². The van der Waals surface area contributed by atoms with E-state index in [-0.39, 0.29) is 17.9 Å². The zero-order valence-electron chi connectivity index (χ0n) is 12.7. The molecule has 2 fully saturated rings. The molecule has 2 aliphatic rings. The van der Waals surface area contributed by atoms with Gasteiger partial charge in [-0.1, -0.05) is 12.8 Å². The van der Waals surface area contributed by atoms with E-state index in [9.17, 15) is 13.2 Å². The molecule has 1 aliphatic carbocycles. The Labute approximate surface area is 127 Å². The van der Waals surface area contributed by atoms with E-state index in [1.54, 1.807) is 4.31 Å². The molecule has 21 heavy (non-hydrogen) atoms. The van der Waals surface area contributed by atoms with E-state index >= 15 is 0 Å². The van der Waals surface area contributed by atoms with Gasteiger partial charge >= 0.3 is 5.97 Å².